The van der Waals surface area contributed by atoms with E-state index in [9.17, 15) is 4.79 Å². The van der Waals surface area contributed by atoms with Crippen LogP contribution < -0.4 is 10.2 Å². The Kier molecular flexibility index (Phi) is 3.56. The van der Waals surface area contributed by atoms with Gasteiger partial charge in [0.05, 0.1) is 5.92 Å². The van der Waals surface area contributed by atoms with Crippen LogP contribution in [0.5, 0.6) is 0 Å². The second-order valence-corrected chi connectivity index (χ2v) is 6.38. The van der Waals surface area contributed by atoms with Crippen LogP contribution >= 0.6 is 11.5 Å². The lowest BCUT2D eigenvalue weighted by Crippen LogP contribution is -2.53. The lowest BCUT2D eigenvalue weighted by molar-refractivity contribution is -0.125. The highest BCUT2D eigenvalue weighted by Gasteiger charge is 2.34. The number of carbonyl (C=O) groups excluding carboxylic acids is 1. The zero-order valence-corrected chi connectivity index (χ0v) is 12.2. The van der Waals surface area contributed by atoms with Gasteiger partial charge in [0.15, 0.2) is 0 Å². The van der Waals surface area contributed by atoms with Gasteiger partial charge in [-0.15, -0.1) is 0 Å². The SMILES string of the molecule is CCNC(=O)C1CN(c2nc(C(C)(C)C)ns2)C1. The Morgan fingerprint density at radius 2 is 2.17 bits per heavy atom. The molecule has 1 aliphatic heterocycles. The zero-order valence-electron chi connectivity index (χ0n) is 11.4. The molecule has 2 heterocycles. The van der Waals surface area contributed by atoms with Crippen molar-refractivity contribution in [3.05, 3.63) is 5.82 Å². The van der Waals surface area contributed by atoms with Gasteiger partial charge in [-0.2, -0.15) is 4.37 Å². The van der Waals surface area contributed by atoms with Crippen LogP contribution in [0.15, 0.2) is 0 Å². The molecule has 1 saturated heterocycles. The average molecular weight is 268 g/mol. The molecule has 1 amide bonds. The van der Waals surface area contributed by atoms with Crippen molar-refractivity contribution in [2.75, 3.05) is 24.5 Å². The van der Waals surface area contributed by atoms with Crippen molar-refractivity contribution in [2.24, 2.45) is 5.92 Å². The third-order valence-electron chi connectivity index (χ3n) is 2.96. The molecule has 0 aliphatic carbocycles. The Labute approximate surface area is 112 Å². The van der Waals surface area contributed by atoms with Crippen LogP contribution in [-0.2, 0) is 10.2 Å². The molecule has 1 aromatic heterocycles. The average Bonchev–Trinajstić information content (AvgIpc) is 2.64. The molecule has 5 nitrogen and oxygen atoms in total. The molecule has 18 heavy (non-hydrogen) atoms. The Hall–Kier alpha value is -1.17. The minimum atomic E-state index is -0.0153. The van der Waals surface area contributed by atoms with E-state index in [1.165, 1.54) is 11.5 Å². The van der Waals surface area contributed by atoms with Crippen LogP contribution in [0, 0.1) is 5.92 Å². The summed E-state index contributed by atoms with van der Waals surface area (Å²) < 4.78 is 4.38. The molecule has 2 rings (SSSR count). The third-order valence-corrected chi connectivity index (χ3v) is 3.74. The standard InChI is InChI=1S/C12H20N4OS/c1-5-13-9(17)8-6-16(7-8)11-14-10(15-18-11)12(2,3)4/h8H,5-7H2,1-4H3,(H,13,17). The summed E-state index contributed by atoms with van der Waals surface area (Å²) in [6.07, 6.45) is 0. The predicted octanol–water partition coefficient (Wildman–Crippen LogP) is 1.41. The van der Waals surface area contributed by atoms with E-state index < -0.39 is 0 Å². The van der Waals surface area contributed by atoms with Crippen molar-refractivity contribution in [1.29, 1.82) is 0 Å². The Balaban J connectivity index is 1.93. The number of carbonyl (C=O) groups is 1. The second-order valence-electron chi connectivity index (χ2n) is 5.65. The first kappa shape index (κ1) is 13.3. The predicted molar refractivity (Wildman–Crippen MR) is 73.0 cm³/mol. The molecule has 1 fully saturated rings. The fourth-order valence-corrected chi connectivity index (χ4v) is 2.64. The van der Waals surface area contributed by atoms with Gasteiger partial charge in [0.1, 0.15) is 5.82 Å². The van der Waals surface area contributed by atoms with Gasteiger partial charge in [0.25, 0.3) is 0 Å². The number of nitrogens with one attached hydrogen (secondary N) is 1. The van der Waals surface area contributed by atoms with Gasteiger partial charge in [0.2, 0.25) is 11.0 Å². The molecule has 100 valence electrons. The van der Waals surface area contributed by atoms with Crippen molar-refractivity contribution in [3.63, 3.8) is 0 Å². The Morgan fingerprint density at radius 1 is 1.50 bits per heavy atom. The van der Waals surface area contributed by atoms with E-state index in [-0.39, 0.29) is 17.2 Å². The first-order chi connectivity index (χ1) is 8.41. The zero-order chi connectivity index (χ0) is 13.3. The molecule has 1 aromatic rings. The minimum Gasteiger partial charge on any atom is -0.356 e. The van der Waals surface area contributed by atoms with Gasteiger partial charge < -0.3 is 10.2 Å². The number of rotatable bonds is 3. The fraction of sp³-hybridized carbons (Fsp3) is 0.750. The van der Waals surface area contributed by atoms with E-state index in [0.29, 0.717) is 6.54 Å². The molecule has 0 aromatic carbocycles. The van der Waals surface area contributed by atoms with Gasteiger partial charge in [-0.05, 0) is 6.92 Å². The first-order valence-electron chi connectivity index (χ1n) is 6.28. The molecule has 0 bridgehead atoms. The number of anilines is 1. The van der Waals surface area contributed by atoms with Crippen LogP contribution in [0.3, 0.4) is 0 Å². The summed E-state index contributed by atoms with van der Waals surface area (Å²) in [6, 6.07) is 0. The van der Waals surface area contributed by atoms with E-state index in [1.807, 2.05) is 6.92 Å². The van der Waals surface area contributed by atoms with E-state index in [2.05, 4.69) is 40.3 Å². The van der Waals surface area contributed by atoms with Crippen molar-refractivity contribution in [1.82, 2.24) is 14.7 Å². The van der Waals surface area contributed by atoms with Crippen LogP contribution in [0.1, 0.15) is 33.5 Å². The highest BCUT2D eigenvalue weighted by atomic mass is 32.1. The van der Waals surface area contributed by atoms with Crippen LogP contribution in [0.4, 0.5) is 5.13 Å². The van der Waals surface area contributed by atoms with Crippen molar-refractivity contribution >= 4 is 22.6 Å². The van der Waals surface area contributed by atoms with E-state index in [1.54, 1.807) is 0 Å². The molecule has 6 heteroatoms. The summed E-state index contributed by atoms with van der Waals surface area (Å²) in [5.41, 5.74) is -0.0153. The molecule has 0 spiro atoms. The van der Waals surface area contributed by atoms with Crippen LogP contribution in [0.2, 0.25) is 0 Å². The maximum absolute atomic E-state index is 11.6. The van der Waals surface area contributed by atoms with Crippen LogP contribution in [-0.4, -0.2) is 34.9 Å². The molecular weight excluding hydrogens is 248 g/mol. The summed E-state index contributed by atoms with van der Waals surface area (Å²) in [5.74, 6) is 1.13. The summed E-state index contributed by atoms with van der Waals surface area (Å²) in [5, 5.41) is 3.78. The topological polar surface area (TPSA) is 58.1 Å². The maximum atomic E-state index is 11.6. The third kappa shape index (κ3) is 2.63. The molecule has 0 saturated carbocycles. The quantitative estimate of drug-likeness (QED) is 0.900. The number of hydrogen-bond acceptors (Lipinski definition) is 5. The van der Waals surface area contributed by atoms with Crippen LogP contribution in [0.25, 0.3) is 0 Å². The van der Waals surface area contributed by atoms with Gasteiger partial charge in [0, 0.05) is 36.6 Å². The van der Waals surface area contributed by atoms with Gasteiger partial charge >= 0.3 is 0 Å². The highest BCUT2D eigenvalue weighted by molar-refractivity contribution is 7.09. The number of hydrogen-bond donors (Lipinski definition) is 1. The lowest BCUT2D eigenvalue weighted by Gasteiger charge is -2.37. The molecule has 0 radical (unpaired) electrons. The van der Waals surface area contributed by atoms with Gasteiger partial charge in [-0.1, -0.05) is 20.8 Å². The van der Waals surface area contributed by atoms with Crippen molar-refractivity contribution < 1.29 is 4.79 Å². The molecule has 0 unspecified atom stereocenters. The largest absolute Gasteiger partial charge is 0.356 e. The van der Waals surface area contributed by atoms with Gasteiger partial charge in [-0.25, -0.2) is 4.98 Å². The smallest absolute Gasteiger partial charge is 0.226 e. The number of nitrogens with zero attached hydrogens (tertiary/aromatic N) is 3. The number of amides is 1. The van der Waals surface area contributed by atoms with E-state index in [4.69, 9.17) is 0 Å². The van der Waals surface area contributed by atoms with E-state index >= 15 is 0 Å². The minimum absolute atomic E-state index is 0.0153. The highest BCUT2D eigenvalue weighted by Crippen LogP contribution is 2.29. The molecule has 0 atom stereocenters. The Bertz CT molecular complexity index is 432. The normalized spacial score (nSPS) is 16.6. The molecule has 1 aliphatic rings. The lowest BCUT2D eigenvalue weighted by atomic mass is 9.96. The monoisotopic (exact) mass is 268 g/mol. The summed E-state index contributed by atoms with van der Waals surface area (Å²) in [7, 11) is 0. The maximum Gasteiger partial charge on any atom is 0.226 e. The van der Waals surface area contributed by atoms with Gasteiger partial charge in [-0.3, -0.25) is 4.79 Å². The number of aromatic nitrogens is 2. The van der Waals surface area contributed by atoms with Crippen molar-refractivity contribution in [3.8, 4) is 0 Å². The first-order valence-corrected chi connectivity index (χ1v) is 7.06. The molecule has 1 N–H and O–H groups in total. The summed E-state index contributed by atoms with van der Waals surface area (Å²) in [4.78, 5) is 18.3. The second kappa shape index (κ2) is 4.84. The molecular formula is C12H20N4OS. The fourth-order valence-electron chi connectivity index (χ4n) is 1.77. The van der Waals surface area contributed by atoms with E-state index in [0.717, 1.165) is 24.0 Å². The van der Waals surface area contributed by atoms with Crippen molar-refractivity contribution in [2.45, 2.75) is 33.1 Å². The Morgan fingerprint density at radius 3 is 2.67 bits per heavy atom. The summed E-state index contributed by atoms with van der Waals surface area (Å²) >= 11 is 1.42. The summed E-state index contributed by atoms with van der Waals surface area (Å²) in [6.45, 7) is 10.5.